The Morgan fingerprint density at radius 1 is 0.957 bits per heavy atom. The highest BCUT2D eigenvalue weighted by atomic mass is 16.3. The molecule has 0 aliphatic heterocycles. The van der Waals surface area contributed by atoms with Gasteiger partial charge in [-0.1, -0.05) is 50.2 Å². The van der Waals surface area contributed by atoms with Crippen LogP contribution < -0.4 is 0 Å². The fourth-order valence-electron chi connectivity index (χ4n) is 2.66. The highest BCUT2D eigenvalue weighted by Crippen LogP contribution is 2.38. The molecule has 0 fully saturated rings. The second kappa shape index (κ2) is 6.19. The van der Waals surface area contributed by atoms with Crippen LogP contribution >= 0.6 is 0 Å². The van der Waals surface area contributed by atoms with Crippen LogP contribution in [-0.4, -0.2) is 16.9 Å². The number of hydrogen-bond donors (Lipinski definition) is 1. The molecule has 2 rings (SSSR count). The fraction of sp³-hybridized carbons (Fsp3) is 0.381. The minimum absolute atomic E-state index is 0.161. The van der Waals surface area contributed by atoms with Crippen molar-refractivity contribution in [3.8, 4) is 5.75 Å². The Morgan fingerprint density at radius 2 is 1.57 bits per heavy atom. The molecule has 0 aliphatic carbocycles. The molecule has 2 nitrogen and oxygen atoms in total. The topological polar surface area (TPSA) is 32.6 Å². The number of aliphatic imine (C=N–C) groups is 1. The molecular formula is C21H27NO. The number of rotatable bonds is 3. The van der Waals surface area contributed by atoms with E-state index in [0.29, 0.717) is 5.75 Å². The van der Waals surface area contributed by atoms with Crippen molar-refractivity contribution in [1.82, 2.24) is 0 Å². The molecule has 122 valence electrons. The number of phenolic OH excluding ortho intramolecular Hbond substituents is 1. The molecule has 0 aromatic heterocycles. The van der Waals surface area contributed by atoms with E-state index < -0.39 is 0 Å². The lowest BCUT2D eigenvalue weighted by Crippen LogP contribution is -2.20. The molecular weight excluding hydrogens is 282 g/mol. The molecule has 0 unspecified atom stereocenters. The van der Waals surface area contributed by atoms with Gasteiger partial charge >= 0.3 is 0 Å². The van der Waals surface area contributed by atoms with Crippen LogP contribution in [0, 0.1) is 6.92 Å². The standard InChI is InChI=1S/C21H27NO/c1-15-12-16(14-22-20(2,3)4)19(23)18(13-15)21(5,6)17-10-8-7-9-11-17/h7-14,23H,1-6H3. The summed E-state index contributed by atoms with van der Waals surface area (Å²) in [6.45, 7) is 12.5. The van der Waals surface area contributed by atoms with Gasteiger partial charge in [-0.15, -0.1) is 0 Å². The van der Waals surface area contributed by atoms with E-state index in [9.17, 15) is 5.11 Å². The minimum atomic E-state index is -0.276. The average molecular weight is 309 g/mol. The van der Waals surface area contributed by atoms with E-state index in [1.54, 1.807) is 6.21 Å². The molecule has 0 saturated carbocycles. The van der Waals surface area contributed by atoms with E-state index in [0.717, 1.165) is 16.7 Å². The first-order valence-corrected chi connectivity index (χ1v) is 8.06. The van der Waals surface area contributed by atoms with Crippen LogP contribution in [-0.2, 0) is 5.41 Å². The molecule has 0 amide bonds. The summed E-state index contributed by atoms with van der Waals surface area (Å²) in [7, 11) is 0. The van der Waals surface area contributed by atoms with Crippen molar-refractivity contribution in [2.45, 2.75) is 52.5 Å². The number of nitrogens with zero attached hydrogens (tertiary/aromatic N) is 1. The first-order chi connectivity index (χ1) is 10.6. The third-order valence-electron chi connectivity index (χ3n) is 4.04. The molecule has 1 N–H and O–H groups in total. The second-order valence-corrected chi connectivity index (χ2v) is 7.67. The number of benzene rings is 2. The van der Waals surface area contributed by atoms with Crippen molar-refractivity contribution in [3.63, 3.8) is 0 Å². The van der Waals surface area contributed by atoms with Crippen LogP contribution in [0.15, 0.2) is 47.5 Å². The summed E-state index contributed by atoms with van der Waals surface area (Å²) in [6, 6.07) is 14.3. The van der Waals surface area contributed by atoms with Gasteiger partial charge in [0.2, 0.25) is 0 Å². The fourth-order valence-corrected chi connectivity index (χ4v) is 2.66. The molecule has 0 heterocycles. The van der Waals surface area contributed by atoms with Gasteiger partial charge in [0, 0.05) is 22.8 Å². The third-order valence-corrected chi connectivity index (χ3v) is 4.04. The Labute approximate surface area is 139 Å². The predicted octanol–water partition coefficient (Wildman–Crippen LogP) is 5.24. The molecule has 23 heavy (non-hydrogen) atoms. The Kier molecular flexibility index (Phi) is 4.65. The van der Waals surface area contributed by atoms with E-state index in [4.69, 9.17) is 0 Å². The van der Waals surface area contributed by atoms with Crippen LogP contribution in [0.5, 0.6) is 5.75 Å². The van der Waals surface area contributed by atoms with Crippen molar-refractivity contribution in [2.24, 2.45) is 4.99 Å². The van der Waals surface area contributed by atoms with Gasteiger partial charge in [0.25, 0.3) is 0 Å². The van der Waals surface area contributed by atoms with Crippen molar-refractivity contribution in [3.05, 3.63) is 64.7 Å². The summed E-state index contributed by atoms with van der Waals surface area (Å²) >= 11 is 0. The van der Waals surface area contributed by atoms with Crippen molar-refractivity contribution >= 4 is 6.21 Å². The molecule has 2 heteroatoms. The normalized spacial score (nSPS) is 12.8. The van der Waals surface area contributed by atoms with Crippen molar-refractivity contribution in [1.29, 1.82) is 0 Å². The summed E-state index contributed by atoms with van der Waals surface area (Å²) in [4.78, 5) is 4.54. The quantitative estimate of drug-likeness (QED) is 0.772. The number of aromatic hydroxyl groups is 1. The zero-order valence-electron chi connectivity index (χ0n) is 15.0. The molecule has 2 aromatic rings. The number of hydrogen-bond acceptors (Lipinski definition) is 2. The summed E-state index contributed by atoms with van der Waals surface area (Å²) < 4.78 is 0. The van der Waals surface area contributed by atoms with Gasteiger partial charge in [0.05, 0.1) is 5.54 Å². The smallest absolute Gasteiger partial charge is 0.128 e. The van der Waals surface area contributed by atoms with Gasteiger partial charge in [-0.2, -0.15) is 0 Å². The summed E-state index contributed by atoms with van der Waals surface area (Å²) in [5.74, 6) is 0.317. The Bertz CT molecular complexity index is 707. The van der Waals surface area contributed by atoms with E-state index >= 15 is 0 Å². The number of aryl methyl sites for hydroxylation is 1. The molecule has 0 bridgehead atoms. The van der Waals surface area contributed by atoms with Gasteiger partial charge < -0.3 is 5.11 Å². The predicted molar refractivity (Wildman–Crippen MR) is 98.8 cm³/mol. The first-order valence-electron chi connectivity index (χ1n) is 8.06. The van der Waals surface area contributed by atoms with Crippen molar-refractivity contribution < 1.29 is 5.11 Å². The zero-order chi connectivity index (χ0) is 17.3. The van der Waals surface area contributed by atoms with Gasteiger partial charge in [-0.3, -0.25) is 4.99 Å². The first kappa shape index (κ1) is 17.3. The molecule has 0 aliphatic rings. The maximum atomic E-state index is 10.8. The monoisotopic (exact) mass is 309 g/mol. The van der Waals surface area contributed by atoms with Gasteiger partial charge in [0.15, 0.2) is 0 Å². The van der Waals surface area contributed by atoms with Crippen LogP contribution in [0.25, 0.3) is 0 Å². The highest BCUT2D eigenvalue weighted by Gasteiger charge is 2.27. The molecule has 0 atom stereocenters. The Balaban J connectivity index is 2.56. The van der Waals surface area contributed by atoms with Gasteiger partial charge in [0.1, 0.15) is 5.75 Å². The largest absolute Gasteiger partial charge is 0.507 e. The van der Waals surface area contributed by atoms with E-state index in [-0.39, 0.29) is 11.0 Å². The van der Waals surface area contributed by atoms with Crippen LogP contribution in [0.4, 0.5) is 0 Å². The van der Waals surface area contributed by atoms with Gasteiger partial charge in [-0.25, -0.2) is 0 Å². The van der Waals surface area contributed by atoms with Crippen molar-refractivity contribution in [2.75, 3.05) is 0 Å². The van der Waals surface area contributed by atoms with E-state index in [2.05, 4.69) is 44.0 Å². The molecule has 2 aromatic carbocycles. The zero-order valence-corrected chi connectivity index (χ0v) is 15.0. The molecule has 0 radical (unpaired) electrons. The Hall–Kier alpha value is -2.09. The SMILES string of the molecule is Cc1cc(C=NC(C)(C)C)c(O)c(C(C)(C)c2ccccc2)c1. The molecule has 0 spiro atoms. The second-order valence-electron chi connectivity index (χ2n) is 7.67. The number of phenols is 1. The van der Waals surface area contributed by atoms with Gasteiger partial charge in [-0.05, 0) is 44.9 Å². The van der Waals surface area contributed by atoms with E-state index in [1.165, 1.54) is 5.56 Å². The molecule has 0 saturated heterocycles. The maximum absolute atomic E-state index is 10.8. The summed E-state index contributed by atoms with van der Waals surface area (Å²) in [5.41, 5.74) is 3.57. The van der Waals surface area contributed by atoms with Crippen LogP contribution in [0.2, 0.25) is 0 Å². The van der Waals surface area contributed by atoms with Crippen LogP contribution in [0.1, 0.15) is 56.9 Å². The Morgan fingerprint density at radius 3 is 2.13 bits per heavy atom. The third kappa shape index (κ3) is 4.01. The average Bonchev–Trinajstić information content (AvgIpc) is 2.47. The lowest BCUT2D eigenvalue weighted by Gasteiger charge is -2.28. The van der Waals surface area contributed by atoms with Crippen LogP contribution in [0.3, 0.4) is 0 Å². The lowest BCUT2D eigenvalue weighted by molar-refractivity contribution is 0.452. The highest BCUT2D eigenvalue weighted by molar-refractivity contribution is 5.85. The van der Waals surface area contributed by atoms with E-state index in [1.807, 2.05) is 45.0 Å². The lowest BCUT2D eigenvalue weighted by atomic mass is 9.76. The maximum Gasteiger partial charge on any atom is 0.128 e. The summed E-state index contributed by atoms with van der Waals surface area (Å²) in [5, 5.41) is 10.8. The minimum Gasteiger partial charge on any atom is -0.507 e. The summed E-state index contributed by atoms with van der Waals surface area (Å²) in [6.07, 6.45) is 1.78.